The molecule has 1 rings (SSSR count). The van der Waals surface area contributed by atoms with Crippen molar-refractivity contribution >= 4 is 21.7 Å². The third-order valence-electron chi connectivity index (χ3n) is 3.05. The fourth-order valence-electron chi connectivity index (χ4n) is 1.93. The second-order valence-electron chi connectivity index (χ2n) is 5.54. The Hall–Kier alpha value is -1.89. The number of nitrogens with two attached hydrogens (primary N) is 1. The lowest BCUT2D eigenvalue weighted by atomic mass is 10.1. The molecule has 0 aliphatic rings. The van der Waals surface area contributed by atoms with Crippen molar-refractivity contribution in [2.75, 3.05) is 5.75 Å². The van der Waals surface area contributed by atoms with Crippen LogP contribution in [0.25, 0.3) is 0 Å². The highest BCUT2D eigenvalue weighted by Gasteiger charge is 2.22. The van der Waals surface area contributed by atoms with Crippen LogP contribution in [0.15, 0.2) is 35.2 Å². The Morgan fingerprint density at radius 1 is 1.18 bits per heavy atom. The largest absolute Gasteiger partial charge is 0.368 e. The average Bonchev–Trinajstić information content (AvgIpc) is 2.43. The normalized spacial score (nSPS) is 12.9. The SMILES string of the molecule is CC(C)CC(=O)N[C@H](CCS(=O)(=O)c1ccccc1)C(N)=O. The Balaban J connectivity index is 2.69. The summed E-state index contributed by atoms with van der Waals surface area (Å²) in [5.74, 6) is -1.16. The molecule has 0 aliphatic heterocycles. The van der Waals surface area contributed by atoms with Crippen molar-refractivity contribution in [1.82, 2.24) is 5.32 Å². The number of sulfone groups is 1. The number of rotatable bonds is 8. The van der Waals surface area contributed by atoms with Crippen LogP contribution < -0.4 is 11.1 Å². The van der Waals surface area contributed by atoms with E-state index in [0.29, 0.717) is 0 Å². The third kappa shape index (κ3) is 5.85. The van der Waals surface area contributed by atoms with Gasteiger partial charge in [0.25, 0.3) is 0 Å². The predicted octanol–water partition coefficient (Wildman–Crippen LogP) is 0.867. The summed E-state index contributed by atoms with van der Waals surface area (Å²) in [6.45, 7) is 3.75. The molecule has 22 heavy (non-hydrogen) atoms. The summed E-state index contributed by atoms with van der Waals surface area (Å²) in [4.78, 5) is 23.3. The molecule has 0 bridgehead atoms. The monoisotopic (exact) mass is 326 g/mol. The lowest BCUT2D eigenvalue weighted by molar-refractivity contribution is -0.127. The summed E-state index contributed by atoms with van der Waals surface area (Å²) in [5.41, 5.74) is 5.24. The molecule has 1 aromatic rings. The maximum Gasteiger partial charge on any atom is 0.240 e. The van der Waals surface area contributed by atoms with Gasteiger partial charge in [-0.3, -0.25) is 9.59 Å². The van der Waals surface area contributed by atoms with Gasteiger partial charge in [-0.15, -0.1) is 0 Å². The molecular weight excluding hydrogens is 304 g/mol. The minimum Gasteiger partial charge on any atom is -0.368 e. The summed E-state index contributed by atoms with van der Waals surface area (Å²) in [7, 11) is -3.51. The first-order valence-corrected chi connectivity index (χ1v) is 8.74. The third-order valence-corrected chi connectivity index (χ3v) is 4.81. The molecule has 0 fully saturated rings. The van der Waals surface area contributed by atoms with Gasteiger partial charge in [0.2, 0.25) is 11.8 Å². The van der Waals surface area contributed by atoms with Crippen LogP contribution in [0, 0.1) is 5.92 Å². The predicted molar refractivity (Wildman–Crippen MR) is 83.7 cm³/mol. The molecule has 1 atom stereocenters. The molecule has 2 amide bonds. The van der Waals surface area contributed by atoms with Gasteiger partial charge >= 0.3 is 0 Å². The van der Waals surface area contributed by atoms with E-state index in [4.69, 9.17) is 5.73 Å². The van der Waals surface area contributed by atoms with E-state index in [1.807, 2.05) is 13.8 Å². The second-order valence-corrected chi connectivity index (χ2v) is 7.65. The number of amides is 2. The first kappa shape index (κ1) is 18.2. The summed E-state index contributed by atoms with van der Waals surface area (Å²) < 4.78 is 24.3. The van der Waals surface area contributed by atoms with Gasteiger partial charge in [-0.25, -0.2) is 8.42 Å². The number of primary amides is 1. The van der Waals surface area contributed by atoms with Crippen molar-refractivity contribution < 1.29 is 18.0 Å². The molecule has 0 unspecified atom stereocenters. The number of nitrogens with one attached hydrogen (secondary N) is 1. The summed E-state index contributed by atoms with van der Waals surface area (Å²) >= 11 is 0. The molecule has 0 saturated carbocycles. The van der Waals surface area contributed by atoms with E-state index in [-0.39, 0.29) is 35.3 Å². The lowest BCUT2D eigenvalue weighted by Gasteiger charge is -2.16. The molecule has 6 nitrogen and oxygen atoms in total. The lowest BCUT2D eigenvalue weighted by Crippen LogP contribution is -2.45. The van der Waals surface area contributed by atoms with E-state index in [1.165, 1.54) is 12.1 Å². The fourth-order valence-corrected chi connectivity index (χ4v) is 3.28. The highest BCUT2D eigenvalue weighted by molar-refractivity contribution is 7.91. The van der Waals surface area contributed by atoms with Crippen LogP contribution in [0.1, 0.15) is 26.7 Å². The molecule has 0 heterocycles. The quantitative estimate of drug-likeness (QED) is 0.739. The molecule has 0 radical (unpaired) electrons. The van der Waals surface area contributed by atoms with E-state index in [2.05, 4.69) is 5.32 Å². The van der Waals surface area contributed by atoms with Crippen LogP contribution in [0.3, 0.4) is 0 Å². The minimum absolute atomic E-state index is 0.0452. The standard InChI is InChI=1S/C15H22N2O4S/c1-11(2)10-14(18)17-13(15(16)19)8-9-22(20,21)12-6-4-3-5-7-12/h3-7,11,13H,8-10H2,1-2H3,(H2,16,19)(H,17,18)/t13-/m1/s1. The van der Waals surface area contributed by atoms with Crippen molar-refractivity contribution in [1.29, 1.82) is 0 Å². The van der Waals surface area contributed by atoms with Crippen LogP contribution in [-0.4, -0.2) is 32.0 Å². The molecule has 0 aromatic heterocycles. The van der Waals surface area contributed by atoms with E-state index >= 15 is 0 Å². The van der Waals surface area contributed by atoms with Gasteiger partial charge < -0.3 is 11.1 Å². The van der Waals surface area contributed by atoms with E-state index in [9.17, 15) is 18.0 Å². The van der Waals surface area contributed by atoms with Crippen molar-refractivity contribution in [3.8, 4) is 0 Å². The van der Waals surface area contributed by atoms with E-state index in [0.717, 1.165) is 0 Å². The van der Waals surface area contributed by atoms with Gasteiger partial charge in [-0.1, -0.05) is 32.0 Å². The topological polar surface area (TPSA) is 106 Å². The molecule has 0 aliphatic carbocycles. The fraction of sp³-hybridized carbons (Fsp3) is 0.467. The molecule has 3 N–H and O–H groups in total. The van der Waals surface area contributed by atoms with Crippen LogP contribution in [0.2, 0.25) is 0 Å². The Morgan fingerprint density at radius 2 is 1.77 bits per heavy atom. The van der Waals surface area contributed by atoms with E-state index in [1.54, 1.807) is 18.2 Å². The van der Waals surface area contributed by atoms with Gasteiger partial charge in [-0.2, -0.15) is 0 Å². The van der Waals surface area contributed by atoms with Crippen molar-refractivity contribution in [3.05, 3.63) is 30.3 Å². The average molecular weight is 326 g/mol. The maximum atomic E-state index is 12.2. The molecule has 1 aromatic carbocycles. The summed E-state index contributed by atoms with van der Waals surface area (Å²) in [5, 5.41) is 2.49. The van der Waals surface area contributed by atoms with Crippen LogP contribution in [-0.2, 0) is 19.4 Å². The van der Waals surface area contributed by atoms with Crippen LogP contribution in [0.4, 0.5) is 0 Å². The van der Waals surface area contributed by atoms with Crippen LogP contribution >= 0.6 is 0 Å². The zero-order valence-corrected chi connectivity index (χ0v) is 13.6. The number of benzene rings is 1. The van der Waals surface area contributed by atoms with Gasteiger partial charge in [-0.05, 0) is 24.5 Å². The van der Waals surface area contributed by atoms with Gasteiger partial charge in [0.05, 0.1) is 10.6 Å². The smallest absolute Gasteiger partial charge is 0.240 e. The Labute approximate surface area is 131 Å². The van der Waals surface area contributed by atoms with Crippen molar-refractivity contribution in [3.63, 3.8) is 0 Å². The number of hydrogen-bond acceptors (Lipinski definition) is 4. The molecule has 7 heteroatoms. The maximum absolute atomic E-state index is 12.2. The Morgan fingerprint density at radius 3 is 2.27 bits per heavy atom. The van der Waals surface area contributed by atoms with Gasteiger partial charge in [0.15, 0.2) is 9.84 Å². The number of carbonyl (C=O) groups excluding carboxylic acids is 2. The first-order chi connectivity index (χ1) is 10.2. The Bertz CT molecular complexity index is 612. The molecule has 0 spiro atoms. The van der Waals surface area contributed by atoms with Crippen molar-refractivity contribution in [2.24, 2.45) is 11.7 Å². The van der Waals surface area contributed by atoms with Crippen LogP contribution in [0.5, 0.6) is 0 Å². The molecular formula is C15H22N2O4S. The second kappa shape index (κ2) is 7.93. The van der Waals surface area contributed by atoms with Gasteiger partial charge in [0.1, 0.15) is 6.04 Å². The summed E-state index contributed by atoms with van der Waals surface area (Å²) in [6, 6.07) is 6.98. The zero-order chi connectivity index (χ0) is 16.8. The zero-order valence-electron chi connectivity index (χ0n) is 12.8. The highest BCUT2D eigenvalue weighted by Crippen LogP contribution is 2.12. The highest BCUT2D eigenvalue weighted by atomic mass is 32.2. The minimum atomic E-state index is -3.51. The Kier molecular flexibility index (Phi) is 6.55. The first-order valence-electron chi connectivity index (χ1n) is 7.09. The van der Waals surface area contributed by atoms with Gasteiger partial charge in [0, 0.05) is 6.42 Å². The van der Waals surface area contributed by atoms with E-state index < -0.39 is 21.8 Å². The molecule has 0 saturated heterocycles. The van der Waals surface area contributed by atoms with Crippen molar-refractivity contribution in [2.45, 2.75) is 37.6 Å². The number of carbonyl (C=O) groups is 2. The summed E-state index contributed by atoms with van der Waals surface area (Å²) in [6.07, 6.45) is 0.214. The molecule has 122 valence electrons. The number of hydrogen-bond donors (Lipinski definition) is 2.